The second-order valence-electron chi connectivity index (χ2n) is 6.35. The Balaban J connectivity index is 2.22. The predicted octanol–water partition coefficient (Wildman–Crippen LogP) is 3.83. The minimum atomic E-state index is -0.800. The molecule has 0 saturated heterocycles. The van der Waals surface area contributed by atoms with Gasteiger partial charge in [-0.1, -0.05) is 67.9 Å². The standard InChI is InChI=1S/C20H26N2O/c1-4-14-20(2,21)19(23)22(3)15-17-12-8-9-13-18(17)16-10-6-5-7-11-16/h5-13H,4,14-15,21H2,1-3H3. The highest BCUT2D eigenvalue weighted by atomic mass is 16.2. The molecule has 2 N–H and O–H groups in total. The number of rotatable bonds is 6. The van der Waals surface area contributed by atoms with Crippen LogP contribution in [0.3, 0.4) is 0 Å². The van der Waals surface area contributed by atoms with Crippen LogP contribution < -0.4 is 5.73 Å². The number of carbonyl (C=O) groups is 1. The van der Waals surface area contributed by atoms with Crippen molar-refractivity contribution >= 4 is 5.91 Å². The third-order valence-corrected chi connectivity index (χ3v) is 4.11. The van der Waals surface area contributed by atoms with Crippen LogP contribution in [0.1, 0.15) is 32.3 Å². The van der Waals surface area contributed by atoms with E-state index in [1.165, 1.54) is 0 Å². The Labute approximate surface area is 139 Å². The molecule has 0 radical (unpaired) electrons. The molecule has 0 saturated carbocycles. The summed E-state index contributed by atoms with van der Waals surface area (Å²) < 4.78 is 0. The number of likely N-dealkylation sites (N-methyl/N-ethyl adjacent to an activating group) is 1. The van der Waals surface area contributed by atoms with E-state index >= 15 is 0 Å². The Bertz CT molecular complexity index is 650. The summed E-state index contributed by atoms with van der Waals surface area (Å²) in [6, 6.07) is 18.4. The molecular formula is C20H26N2O. The van der Waals surface area contributed by atoms with Crippen LogP contribution >= 0.6 is 0 Å². The Morgan fingerprint density at radius 3 is 2.35 bits per heavy atom. The summed E-state index contributed by atoms with van der Waals surface area (Å²) in [5.41, 5.74) is 8.82. The van der Waals surface area contributed by atoms with Gasteiger partial charge in [0.1, 0.15) is 0 Å². The van der Waals surface area contributed by atoms with Gasteiger partial charge in [-0.05, 0) is 30.0 Å². The van der Waals surface area contributed by atoms with Crippen molar-refractivity contribution < 1.29 is 4.79 Å². The van der Waals surface area contributed by atoms with Crippen molar-refractivity contribution in [2.75, 3.05) is 7.05 Å². The summed E-state index contributed by atoms with van der Waals surface area (Å²) in [6.07, 6.45) is 1.59. The van der Waals surface area contributed by atoms with Crippen LogP contribution in [-0.2, 0) is 11.3 Å². The minimum absolute atomic E-state index is 0.0118. The van der Waals surface area contributed by atoms with E-state index in [1.54, 1.807) is 4.90 Å². The van der Waals surface area contributed by atoms with E-state index in [0.29, 0.717) is 13.0 Å². The molecule has 23 heavy (non-hydrogen) atoms. The number of carbonyl (C=O) groups excluding carboxylic acids is 1. The predicted molar refractivity (Wildman–Crippen MR) is 95.9 cm³/mol. The first kappa shape index (κ1) is 17.2. The Hall–Kier alpha value is -2.13. The molecule has 2 rings (SSSR count). The Morgan fingerprint density at radius 1 is 1.09 bits per heavy atom. The number of nitrogens with two attached hydrogens (primary N) is 1. The molecule has 0 bridgehead atoms. The van der Waals surface area contributed by atoms with Gasteiger partial charge in [0.25, 0.3) is 0 Å². The molecule has 0 aliphatic rings. The van der Waals surface area contributed by atoms with Crippen LogP contribution in [0.2, 0.25) is 0 Å². The fourth-order valence-corrected chi connectivity index (χ4v) is 2.95. The molecule has 0 fully saturated rings. The van der Waals surface area contributed by atoms with Gasteiger partial charge >= 0.3 is 0 Å². The topological polar surface area (TPSA) is 46.3 Å². The van der Waals surface area contributed by atoms with Gasteiger partial charge in [0.05, 0.1) is 5.54 Å². The summed E-state index contributed by atoms with van der Waals surface area (Å²) in [4.78, 5) is 14.3. The van der Waals surface area contributed by atoms with Gasteiger partial charge in [0.15, 0.2) is 0 Å². The summed E-state index contributed by atoms with van der Waals surface area (Å²) in [6.45, 7) is 4.42. The molecule has 3 nitrogen and oxygen atoms in total. The first-order chi connectivity index (χ1) is 11.0. The van der Waals surface area contributed by atoms with Crippen molar-refractivity contribution in [3.63, 3.8) is 0 Å². The Kier molecular flexibility index (Phi) is 5.56. The average Bonchev–Trinajstić information content (AvgIpc) is 2.55. The lowest BCUT2D eigenvalue weighted by Gasteiger charge is -2.29. The van der Waals surface area contributed by atoms with E-state index in [4.69, 9.17) is 5.73 Å². The maximum atomic E-state index is 12.6. The molecule has 2 aromatic carbocycles. The smallest absolute Gasteiger partial charge is 0.242 e. The molecule has 0 spiro atoms. The molecule has 1 atom stereocenters. The van der Waals surface area contributed by atoms with Crippen molar-refractivity contribution in [1.82, 2.24) is 4.90 Å². The molecule has 2 aromatic rings. The van der Waals surface area contributed by atoms with E-state index in [2.05, 4.69) is 24.3 Å². The normalized spacial score (nSPS) is 13.4. The van der Waals surface area contributed by atoms with Gasteiger partial charge in [-0.25, -0.2) is 0 Å². The van der Waals surface area contributed by atoms with E-state index in [9.17, 15) is 4.79 Å². The zero-order valence-corrected chi connectivity index (χ0v) is 14.3. The maximum Gasteiger partial charge on any atom is 0.242 e. The third kappa shape index (κ3) is 4.20. The van der Waals surface area contributed by atoms with Crippen molar-refractivity contribution in [3.05, 3.63) is 60.2 Å². The zero-order chi connectivity index (χ0) is 16.9. The van der Waals surface area contributed by atoms with Gasteiger partial charge in [-0.3, -0.25) is 4.79 Å². The van der Waals surface area contributed by atoms with E-state index in [0.717, 1.165) is 23.1 Å². The van der Waals surface area contributed by atoms with Crippen molar-refractivity contribution in [1.29, 1.82) is 0 Å². The second kappa shape index (κ2) is 7.42. The largest absolute Gasteiger partial charge is 0.340 e. The van der Waals surface area contributed by atoms with Crippen molar-refractivity contribution in [2.45, 2.75) is 38.8 Å². The molecule has 1 unspecified atom stereocenters. The van der Waals surface area contributed by atoms with Crippen LogP contribution in [0.5, 0.6) is 0 Å². The molecule has 0 aliphatic carbocycles. The highest BCUT2D eigenvalue weighted by molar-refractivity contribution is 5.85. The summed E-state index contributed by atoms with van der Waals surface area (Å²) in [5.74, 6) is -0.0118. The van der Waals surface area contributed by atoms with Crippen molar-refractivity contribution in [3.8, 4) is 11.1 Å². The molecule has 0 aromatic heterocycles. The first-order valence-electron chi connectivity index (χ1n) is 8.13. The van der Waals surface area contributed by atoms with E-state index in [1.807, 2.05) is 51.2 Å². The molecule has 3 heteroatoms. The van der Waals surface area contributed by atoms with Crippen LogP contribution in [0.15, 0.2) is 54.6 Å². The Morgan fingerprint density at radius 2 is 1.70 bits per heavy atom. The number of nitrogens with zero attached hydrogens (tertiary/aromatic N) is 1. The number of hydrogen-bond donors (Lipinski definition) is 1. The van der Waals surface area contributed by atoms with Crippen LogP contribution in [-0.4, -0.2) is 23.4 Å². The van der Waals surface area contributed by atoms with Gasteiger partial charge in [0.2, 0.25) is 5.91 Å². The number of hydrogen-bond acceptors (Lipinski definition) is 2. The van der Waals surface area contributed by atoms with Gasteiger partial charge in [-0.2, -0.15) is 0 Å². The maximum absolute atomic E-state index is 12.6. The second-order valence-corrected chi connectivity index (χ2v) is 6.35. The van der Waals surface area contributed by atoms with Gasteiger partial charge in [0, 0.05) is 13.6 Å². The quantitative estimate of drug-likeness (QED) is 0.881. The van der Waals surface area contributed by atoms with E-state index < -0.39 is 5.54 Å². The zero-order valence-electron chi connectivity index (χ0n) is 14.3. The highest BCUT2D eigenvalue weighted by Gasteiger charge is 2.30. The van der Waals surface area contributed by atoms with Crippen LogP contribution in [0.25, 0.3) is 11.1 Å². The van der Waals surface area contributed by atoms with Crippen molar-refractivity contribution in [2.24, 2.45) is 5.73 Å². The SMILES string of the molecule is CCCC(C)(N)C(=O)N(C)Cc1ccccc1-c1ccccc1. The monoisotopic (exact) mass is 310 g/mol. The lowest BCUT2D eigenvalue weighted by molar-refractivity contribution is -0.135. The minimum Gasteiger partial charge on any atom is -0.340 e. The summed E-state index contributed by atoms with van der Waals surface area (Å²) in [5, 5.41) is 0. The number of benzene rings is 2. The lowest BCUT2D eigenvalue weighted by atomic mass is 9.95. The molecule has 122 valence electrons. The van der Waals surface area contributed by atoms with Gasteiger partial charge < -0.3 is 10.6 Å². The highest BCUT2D eigenvalue weighted by Crippen LogP contribution is 2.25. The molecule has 0 heterocycles. The van der Waals surface area contributed by atoms with Gasteiger partial charge in [-0.15, -0.1) is 0 Å². The number of amides is 1. The summed E-state index contributed by atoms with van der Waals surface area (Å²) in [7, 11) is 1.82. The molecular weight excluding hydrogens is 284 g/mol. The van der Waals surface area contributed by atoms with Crippen LogP contribution in [0, 0.1) is 0 Å². The lowest BCUT2D eigenvalue weighted by Crippen LogP contribution is -2.51. The molecule has 1 amide bonds. The van der Waals surface area contributed by atoms with Crippen LogP contribution in [0.4, 0.5) is 0 Å². The first-order valence-corrected chi connectivity index (χ1v) is 8.13. The average molecular weight is 310 g/mol. The fraction of sp³-hybridized carbons (Fsp3) is 0.350. The van der Waals surface area contributed by atoms with E-state index in [-0.39, 0.29) is 5.91 Å². The third-order valence-electron chi connectivity index (χ3n) is 4.11. The summed E-state index contributed by atoms with van der Waals surface area (Å²) >= 11 is 0. The fourth-order valence-electron chi connectivity index (χ4n) is 2.95. The molecule has 0 aliphatic heterocycles.